The van der Waals surface area contributed by atoms with Crippen LogP contribution in [0, 0.1) is 18.2 Å². The Bertz CT molecular complexity index is 586. The molecule has 5 nitrogen and oxygen atoms in total. The summed E-state index contributed by atoms with van der Waals surface area (Å²) in [6.07, 6.45) is 0.458. The van der Waals surface area contributed by atoms with Crippen LogP contribution >= 0.6 is 0 Å². The third kappa shape index (κ3) is 4.16. The van der Waals surface area contributed by atoms with Gasteiger partial charge >= 0.3 is 0 Å². The number of hydrogen-bond acceptors (Lipinski definition) is 4. The van der Waals surface area contributed by atoms with E-state index in [1.807, 2.05) is 13.8 Å². The molecule has 0 atom stereocenters. The summed E-state index contributed by atoms with van der Waals surface area (Å²) in [5.74, 6) is -0.653. The first kappa shape index (κ1) is 16.9. The predicted octanol–water partition coefficient (Wildman–Crippen LogP) is 1.40. The van der Waals surface area contributed by atoms with E-state index in [1.54, 1.807) is 0 Å². The van der Waals surface area contributed by atoms with Crippen molar-refractivity contribution in [2.45, 2.75) is 32.1 Å². The molecule has 114 valence electrons. The van der Waals surface area contributed by atoms with Crippen LogP contribution in [0.1, 0.15) is 25.8 Å². The van der Waals surface area contributed by atoms with E-state index in [2.05, 4.69) is 4.72 Å². The summed E-state index contributed by atoms with van der Waals surface area (Å²) in [4.78, 5) is -0.158. The fourth-order valence-corrected chi connectivity index (χ4v) is 3.24. The number of rotatable bonds is 6. The van der Waals surface area contributed by atoms with Gasteiger partial charge < -0.3 is 10.8 Å². The Hall–Kier alpha value is -1.18. The van der Waals surface area contributed by atoms with Crippen molar-refractivity contribution < 1.29 is 17.9 Å². The quantitative estimate of drug-likeness (QED) is 0.693. The summed E-state index contributed by atoms with van der Waals surface area (Å²) >= 11 is 0. The summed E-state index contributed by atoms with van der Waals surface area (Å²) in [5.41, 5.74) is 5.19. The highest BCUT2D eigenvalue weighted by Crippen LogP contribution is 2.23. The predicted molar refractivity (Wildman–Crippen MR) is 76.2 cm³/mol. The monoisotopic (exact) mass is 304 g/mol. The van der Waals surface area contributed by atoms with Gasteiger partial charge in [-0.2, -0.15) is 0 Å². The molecule has 4 N–H and O–H groups in total. The minimum Gasteiger partial charge on any atom is -0.399 e. The van der Waals surface area contributed by atoms with Gasteiger partial charge in [-0.25, -0.2) is 17.5 Å². The number of nitrogens with one attached hydrogen (secondary N) is 1. The molecule has 0 aliphatic carbocycles. The maximum Gasteiger partial charge on any atom is 0.241 e. The standard InChI is InChI=1S/C13H21FN2O3S/c1-9-11(14)6-10(15)7-12(9)20(18,19)16-8-13(2,3)4-5-17/h6-7,16-17H,4-5,8,15H2,1-3H3. The molecule has 0 aliphatic heterocycles. The third-order valence-corrected chi connectivity index (χ3v) is 4.67. The maximum atomic E-state index is 13.6. The first-order chi connectivity index (χ1) is 9.09. The zero-order valence-corrected chi connectivity index (χ0v) is 12.7. The lowest BCUT2D eigenvalue weighted by Crippen LogP contribution is -2.35. The van der Waals surface area contributed by atoms with Crippen LogP contribution in [0.2, 0.25) is 0 Å². The molecule has 0 radical (unpaired) electrons. The van der Waals surface area contributed by atoms with Crippen LogP contribution in [-0.2, 0) is 10.0 Å². The molecule has 0 bridgehead atoms. The zero-order chi connectivity index (χ0) is 15.6. The summed E-state index contributed by atoms with van der Waals surface area (Å²) < 4.78 is 40.4. The average Bonchev–Trinajstić information content (AvgIpc) is 2.31. The number of nitrogens with two attached hydrogens (primary N) is 1. The van der Waals surface area contributed by atoms with Gasteiger partial charge in [-0.3, -0.25) is 0 Å². The third-order valence-electron chi connectivity index (χ3n) is 3.14. The summed E-state index contributed by atoms with van der Waals surface area (Å²) in [7, 11) is -3.84. The maximum absolute atomic E-state index is 13.6. The minimum atomic E-state index is -3.84. The molecule has 0 spiro atoms. The number of anilines is 1. The molecular formula is C13H21FN2O3S. The summed E-state index contributed by atoms with van der Waals surface area (Å²) in [6, 6.07) is 2.32. The first-order valence-corrected chi connectivity index (χ1v) is 7.73. The molecule has 0 unspecified atom stereocenters. The lowest BCUT2D eigenvalue weighted by Gasteiger charge is -2.24. The fraction of sp³-hybridized carbons (Fsp3) is 0.538. The van der Waals surface area contributed by atoms with Crippen LogP contribution in [0.15, 0.2) is 17.0 Å². The van der Waals surface area contributed by atoms with Crippen LogP contribution in [0.25, 0.3) is 0 Å². The second-order valence-electron chi connectivity index (χ2n) is 5.59. The molecular weight excluding hydrogens is 283 g/mol. The highest BCUT2D eigenvalue weighted by atomic mass is 32.2. The van der Waals surface area contributed by atoms with Gasteiger partial charge in [-0.1, -0.05) is 13.8 Å². The van der Waals surface area contributed by atoms with E-state index in [-0.39, 0.29) is 29.3 Å². The Balaban J connectivity index is 3.01. The molecule has 1 aromatic rings. The Morgan fingerprint density at radius 1 is 1.40 bits per heavy atom. The molecule has 0 fully saturated rings. The fourth-order valence-electron chi connectivity index (χ4n) is 1.71. The second-order valence-corrected chi connectivity index (χ2v) is 7.32. The van der Waals surface area contributed by atoms with E-state index >= 15 is 0 Å². The van der Waals surface area contributed by atoms with Crippen molar-refractivity contribution >= 4 is 15.7 Å². The number of benzene rings is 1. The van der Waals surface area contributed by atoms with E-state index in [0.717, 1.165) is 6.07 Å². The molecule has 0 heterocycles. The van der Waals surface area contributed by atoms with Crippen LogP contribution in [0.3, 0.4) is 0 Å². The summed E-state index contributed by atoms with van der Waals surface area (Å²) in [6.45, 7) is 5.17. The molecule has 20 heavy (non-hydrogen) atoms. The van der Waals surface area contributed by atoms with Crippen molar-refractivity contribution in [3.8, 4) is 0 Å². The van der Waals surface area contributed by atoms with E-state index in [4.69, 9.17) is 10.8 Å². The molecule has 1 aromatic carbocycles. The number of hydrogen-bond donors (Lipinski definition) is 3. The van der Waals surface area contributed by atoms with Crippen LogP contribution in [-0.4, -0.2) is 26.7 Å². The highest BCUT2D eigenvalue weighted by Gasteiger charge is 2.24. The van der Waals surface area contributed by atoms with Crippen LogP contribution in [0.4, 0.5) is 10.1 Å². The second kappa shape index (κ2) is 6.07. The van der Waals surface area contributed by atoms with Crippen LogP contribution in [0.5, 0.6) is 0 Å². The molecule has 0 saturated heterocycles. The van der Waals surface area contributed by atoms with Crippen molar-refractivity contribution in [1.29, 1.82) is 0 Å². The first-order valence-electron chi connectivity index (χ1n) is 6.25. The Kier molecular flexibility index (Phi) is 5.12. The van der Waals surface area contributed by atoms with E-state index in [9.17, 15) is 12.8 Å². The van der Waals surface area contributed by atoms with E-state index < -0.39 is 21.3 Å². The van der Waals surface area contributed by atoms with Crippen molar-refractivity contribution in [2.75, 3.05) is 18.9 Å². The molecule has 0 aromatic heterocycles. The van der Waals surface area contributed by atoms with Crippen molar-refractivity contribution in [1.82, 2.24) is 4.72 Å². The van der Waals surface area contributed by atoms with Gasteiger partial charge in [0.2, 0.25) is 10.0 Å². The molecule has 0 saturated carbocycles. The van der Waals surface area contributed by atoms with Gasteiger partial charge in [0.15, 0.2) is 0 Å². The number of sulfonamides is 1. The van der Waals surface area contributed by atoms with Crippen LogP contribution < -0.4 is 10.5 Å². The normalized spacial score (nSPS) is 12.7. The SMILES string of the molecule is Cc1c(F)cc(N)cc1S(=O)(=O)NCC(C)(C)CCO. The van der Waals surface area contributed by atoms with Gasteiger partial charge in [0.05, 0.1) is 4.90 Å². The smallest absolute Gasteiger partial charge is 0.241 e. The number of nitrogen functional groups attached to an aromatic ring is 1. The molecule has 0 aliphatic rings. The minimum absolute atomic E-state index is 0.0271. The van der Waals surface area contributed by atoms with Gasteiger partial charge in [-0.15, -0.1) is 0 Å². The van der Waals surface area contributed by atoms with Gasteiger partial charge in [0.25, 0.3) is 0 Å². The topological polar surface area (TPSA) is 92.4 Å². The Morgan fingerprint density at radius 3 is 2.55 bits per heavy atom. The number of aliphatic hydroxyl groups excluding tert-OH is 1. The number of aliphatic hydroxyl groups is 1. The average molecular weight is 304 g/mol. The highest BCUT2D eigenvalue weighted by molar-refractivity contribution is 7.89. The molecule has 7 heteroatoms. The van der Waals surface area contributed by atoms with Gasteiger partial charge in [0, 0.05) is 24.4 Å². The van der Waals surface area contributed by atoms with Crippen molar-refractivity contribution in [3.05, 3.63) is 23.5 Å². The molecule has 0 amide bonds. The lowest BCUT2D eigenvalue weighted by molar-refractivity contribution is 0.213. The van der Waals surface area contributed by atoms with Gasteiger partial charge in [0.1, 0.15) is 5.82 Å². The molecule has 1 rings (SSSR count). The van der Waals surface area contributed by atoms with Gasteiger partial charge in [-0.05, 0) is 30.9 Å². The van der Waals surface area contributed by atoms with Crippen molar-refractivity contribution in [3.63, 3.8) is 0 Å². The largest absolute Gasteiger partial charge is 0.399 e. The van der Waals surface area contributed by atoms with Crippen molar-refractivity contribution in [2.24, 2.45) is 5.41 Å². The van der Waals surface area contributed by atoms with E-state index in [0.29, 0.717) is 6.42 Å². The number of halogens is 1. The Labute approximate surface area is 119 Å². The summed E-state index contributed by atoms with van der Waals surface area (Å²) in [5, 5.41) is 8.92. The van der Waals surface area contributed by atoms with E-state index in [1.165, 1.54) is 13.0 Å². The lowest BCUT2D eigenvalue weighted by atomic mass is 9.90. The Morgan fingerprint density at radius 2 is 2.00 bits per heavy atom. The zero-order valence-electron chi connectivity index (χ0n) is 11.9.